The molecule has 2 aromatic rings. The number of aliphatic carboxylic acids is 1. The summed E-state index contributed by atoms with van der Waals surface area (Å²) in [6, 6.07) is 6.16. The molecule has 1 aromatic carbocycles. The molecule has 0 aliphatic heterocycles. The normalized spacial score (nSPS) is 12.4. The van der Waals surface area contributed by atoms with Crippen molar-refractivity contribution in [3.8, 4) is 0 Å². The number of H-pyrrole nitrogens is 1. The first-order valence-corrected chi connectivity index (χ1v) is 11.0. The van der Waals surface area contributed by atoms with E-state index in [1.54, 1.807) is 7.11 Å². The van der Waals surface area contributed by atoms with E-state index in [2.05, 4.69) is 59.2 Å². The largest absolute Gasteiger partial charge is 0.481 e. The first-order chi connectivity index (χ1) is 14.7. The average Bonchev–Trinajstić information content (AvgIpc) is 3.11. The minimum Gasteiger partial charge on any atom is -0.481 e. The number of ether oxygens (including phenoxy) is 1. The van der Waals surface area contributed by atoms with Crippen LogP contribution >= 0.6 is 0 Å². The predicted molar refractivity (Wildman–Crippen MR) is 124 cm³/mol. The minimum absolute atomic E-state index is 0.0873. The van der Waals surface area contributed by atoms with Crippen molar-refractivity contribution in [3.63, 3.8) is 0 Å². The van der Waals surface area contributed by atoms with Gasteiger partial charge in [0.05, 0.1) is 24.4 Å². The summed E-state index contributed by atoms with van der Waals surface area (Å²) in [5.41, 5.74) is 2.94. The molecule has 8 heteroatoms. The second-order valence-electron chi connectivity index (χ2n) is 8.96. The lowest BCUT2D eigenvalue weighted by atomic mass is 9.96. The number of rotatable bonds is 13. The Kier molecular flexibility index (Phi) is 9.30. The molecule has 0 saturated heterocycles. The Morgan fingerprint density at radius 1 is 1.16 bits per heavy atom. The van der Waals surface area contributed by atoms with Gasteiger partial charge >= 0.3 is 5.97 Å². The van der Waals surface area contributed by atoms with E-state index in [4.69, 9.17) is 4.74 Å². The molecular formula is C23H37N5O3. The molecule has 0 bridgehead atoms. The Balaban J connectivity index is 2.40. The Morgan fingerprint density at radius 3 is 2.42 bits per heavy atom. The molecule has 3 N–H and O–H groups in total. The summed E-state index contributed by atoms with van der Waals surface area (Å²) in [5, 5.41) is 21.0. The fourth-order valence-corrected chi connectivity index (χ4v) is 3.56. The van der Waals surface area contributed by atoms with Crippen LogP contribution in [-0.4, -0.2) is 53.1 Å². The number of nitrogens with one attached hydrogen (secondary N) is 2. The van der Waals surface area contributed by atoms with E-state index in [-0.39, 0.29) is 12.3 Å². The van der Waals surface area contributed by atoms with Crippen molar-refractivity contribution in [2.75, 3.05) is 37.0 Å². The number of benzene rings is 1. The molecule has 172 valence electrons. The first kappa shape index (κ1) is 24.7. The van der Waals surface area contributed by atoms with Gasteiger partial charge < -0.3 is 25.0 Å². The zero-order valence-corrected chi connectivity index (χ0v) is 19.6. The van der Waals surface area contributed by atoms with Gasteiger partial charge in [-0.15, -0.1) is 10.2 Å². The molecule has 2 rings (SSSR count). The molecule has 0 aliphatic rings. The van der Waals surface area contributed by atoms with Crippen LogP contribution < -0.4 is 10.2 Å². The zero-order valence-electron chi connectivity index (χ0n) is 19.6. The molecule has 0 fully saturated rings. The van der Waals surface area contributed by atoms with Crippen molar-refractivity contribution < 1.29 is 14.6 Å². The lowest BCUT2D eigenvalue weighted by Crippen LogP contribution is -2.31. The third-order valence-electron chi connectivity index (χ3n) is 4.91. The highest BCUT2D eigenvalue weighted by Crippen LogP contribution is 2.33. The topological polar surface area (TPSA) is 103 Å². The van der Waals surface area contributed by atoms with Crippen molar-refractivity contribution in [2.24, 2.45) is 11.8 Å². The van der Waals surface area contributed by atoms with Gasteiger partial charge in [0.2, 0.25) is 5.95 Å². The van der Waals surface area contributed by atoms with Crippen LogP contribution in [0.3, 0.4) is 0 Å². The summed E-state index contributed by atoms with van der Waals surface area (Å²) in [6.45, 7) is 13.2. The molecular weight excluding hydrogens is 394 g/mol. The van der Waals surface area contributed by atoms with Crippen LogP contribution in [-0.2, 0) is 16.0 Å². The molecule has 0 aliphatic carbocycles. The van der Waals surface area contributed by atoms with Gasteiger partial charge in [0.25, 0.3) is 0 Å². The Hall–Kier alpha value is -2.61. The number of hydrogen-bond acceptors (Lipinski definition) is 6. The molecule has 31 heavy (non-hydrogen) atoms. The molecule has 0 saturated carbocycles. The van der Waals surface area contributed by atoms with Gasteiger partial charge in [-0.2, -0.15) is 0 Å². The molecule has 8 nitrogen and oxygen atoms in total. The smallest absolute Gasteiger partial charge is 0.303 e. The summed E-state index contributed by atoms with van der Waals surface area (Å²) in [6.07, 6.45) is 0.741. The monoisotopic (exact) mass is 431 g/mol. The number of anilines is 3. The Bertz CT molecular complexity index is 824. The molecule has 1 atom stereocenters. The highest BCUT2D eigenvalue weighted by atomic mass is 16.5. The SMILES string of the molecule is COCCc1nnc(Nc2cc([C@H](C)CC(=O)O)ccc2N(CC(C)C)CC(C)C)[nH]1. The molecule has 0 amide bonds. The number of hydrogen-bond donors (Lipinski definition) is 3. The van der Waals surface area contributed by atoms with Crippen LogP contribution in [0.2, 0.25) is 0 Å². The van der Waals surface area contributed by atoms with Crippen LogP contribution in [0.15, 0.2) is 18.2 Å². The minimum atomic E-state index is -0.801. The molecule has 0 spiro atoms. The number of nitrogens with zero attached hydrogens (tertiary/aromatic N) is 3. The maximum Gasteiger partial charge on any atom is 0.303 e. The van der Waals surface area contributed by atoms with Gasteiger partial charge in [-0.05, 0) is 35.4 Å². The summed E-state index contributed by atoms with van der Waals surface area (Å²) in [7, 11) is 1.66. The van der Waals surface area contributed by atoms with Gasteiger partial charge in [0.15, 0.2) is 0 Å². The highest BCUT2D eigenvalue weighted by molar-refractivity contribution is 5.75. The predicted octanol–water partition coefficient (Wildman–Crippen LogP) is 4.43. The van der Waals surface area contributed by atoms with Crippen LogP contribution in [0.1, 0.15) is 58.3 Å². The summed E-state index contributed by atoms with van der Waals surface area (Å²) in [4.78, 5) is 16.8. The highest BCUT2D eigenvalue weighted by Gasteiger charge is 2.18. The standard InChI is InChI=1S/C23H37N5O3/c1-15(2)13-28(14-16(3)4)20-8-7-18(17(5)11-22(29)30)12-19(20)24-23-25-21(26-27-23)9-10-31-6/h7-8,12,15-17H,9-11,13-14H2,1-6H3,(H,29,30)(H2,24,25,26,27)/t17-/m1/s1. The Morgan fingerprint density at radius 2 is 1.84 bits per heavy atom. The van der Waals surface area contributed by atoms with Crippen LogP contribution in [0.5, 0.6) is 0 Å². The van der Waals surface area contributed by atoms with E-state index in [0.717, 1.165) is 35.9 Å². The van der Waals surface area contributed by atoms with Gasteiger partial charge in [-0.3, -0.25) is 4.79 Å². The van der Waals surface area contributed by atoms with Crippen molar-refractivity contribution in [3.05, 3.63) is 29.6 Å². The fourth-order valence-electron chi connectivity index (χ4n) is 3.56. The molecule has 1 aromatic heterocycles. The molecule has 0 radical (unpaired) electrons. The van der Waals surface area contributed by atoms with Crippen molar-refractivity contribution >= 4 is 23.3 Å². The number of carbonyl (C=O) groups is 1. The number of methoxy groups -OCH3 is 1. The van der Waals surface area contributed by atoms with Gasteiger partial charge in [0.1, 0.15) is 5.82 Å². The number of carboxylic acid groups (broad SMARTS) is 1. The quantitative estimate of drug-likeness (QED) is 0.431. The second-order valence-corrected chi connectivity index (χ2v) is 8.96. The summed E-state index contributed by atoms with van der Waals surface area (Å²) in [5.74, 6) is 1.42. The van der Waals surface area contributed by atoms with Gasteiger partial charge in [0, 0.05) is 26.6 Å². The lowest BCUT2D eigenvalue weighted by molar-refractivity contribution is -0.137. The molecule has 1 heterocycles. The zero-order chi connectivity index (χ0) is 23.0. The number of aromatic amines is 1. The van der Waals surface area contributed by atoms with Crippen molar-refractivity contribution in [2.45, 2.75) is 53.4 Å². The first-order valence-electron chi connectivity index (χ1n) is 11.0. The van der Waals surface area contributed by atoms with Crippen molar-refractivity contribution in [1.29, 1.82) is 0 Å². The van der Waals surface area contributed by atoms with E-state index < -0.39 is 5.97 Å². The third-order valence-corrected chi connectivity index (χ3v) is 4.91. The van der Waals surface area contributed by atoms with Crippen molar-refractivity contribution in [1.82, 2.24) is 15.2 Å². The van der Waals surface area contributed by atoms with E-state index in [0.29, 0.717) is 30.8 Å². The third kappa shape index (κ3) is 7.86. The summed E-state index contributed by atoms with van der Waals surface area (Å²) >= 11 is 0. The second kappa shape index (κ2) is 11.7. The average molecular weight is 432 g/mol. The molecule has 0 unspecified atom stereocenters. The van der Waals surface area contributed by atoms with Crippen LogP contribution in [0.4, 0.5) is 17.3 Å². The van der Waals surface area contributed by atoms with Gasteiger partial charge in [-0.1, -0.05) is 40.7 Å². The van der Waals surface area contributed by atoms with E-state index in [1.165, 1.54) is 0 Å². The maximum atomic E-state index is 11.2. The van der Waals surface area contributed by atoms with Gasteiger partial charge in [-0.25, -0.2) is 0 Å². The fraction of sp³-hybridized carbons (Fsp3) is 0.609. The number of carboxylic acids is 1. The summed E-state index contributed by atoms with van der Waals surface area (Å²) < 4.78 is 5.11. The lowest BCUT2D eigenvalue weighted by Gasteiger charge is -2.31. The van der Waals surface area contributed by atoms with Crippen LogP contribution in [0.25, 0.3) is 0 Å². The maximum absolute atomic E-state index is 11.2. The van der Waals surface area contributed by atoms with Crippen LogP contribution in [0, 0.1) is 11.8 Å². The Labute approximate surface area is 185 Å². The van der Waals surface area contributed by atoms with E-state index >= 15 is 0 Å². The number of aromatic nitrogens is 3. The van der Waals surface area contributed by atoms with E-state index in [9.17, 15) is 9.90 Å². The van der Waals surface area contributed by atoms with E-state index in [1.807, 2.05) is 19.1 Å².